The summed E-state index contributed by atoms with van der Waals surface area (Å²) in [5.74, 6) is 1.61. The van der Waals surface area contributed by atoms with Gasteiger partial charge in [-0.3, -0.25) is 4.79 Å². The second-order valence-corrected chi connectivity index (χ2v) is 7.27. The Morgan fingerprint density at radius 1 is 1.04 bits per heavy atom. The molecule has 28 heavy (non-hydrogen) atoms. The van der Waals surface area contributed by atoms with Crippen LogP contribution >= 0.6 is 0 Å². The van der Waals surface area contributed by atoms with E-state index in [-0.39, 0.29) is 11.9 Å². The Labute approximate surface area is 167 Å². The number of methoxy groups -OCH3 is 1. The molecular weight excluding hydrogens is 352 g/mol. The fraction of sp³-hybridized carbons (Fsp3) is 0.435. The van der Waals surface area contributed by atoms with Crippen LogP contribution in [0.25, 0.3) is 0 Å². The molecule has 2 aromatic carbocycles. The van der Waals surface area contributed by atoms with Crippen molar-refractivity contribution in [3.8, 4) is 11.5 Å². The third-order valence-corrected chi connectivity index (χ3v) is 5.31. The molecule has 1 aliphatic heterocycles. The molecular formula is C23H31N2O3+. The highest BCUT2D eigenvalue weighted by Crippen LogP contribution is 2.17. The van der Waals surface area contributed by atoms with Crippen LogP contribution in [0.5, 0.6) is 11.5 Å². The van der Waals surface area contributed by atoms with E-state index in [1.165, 1.54) is 23.3 Å². The fourth-order valence-corrected chi connectivity index (χ4v) is 3.73. The highest BCUT2D eigenvalue weighted by Gasteiger charge is 2.28. The number of benzene rings is 2. The molecule has 0 aliphatic carbocycles. The highest BCUT2D eigenvalue weighted by atomic mass is 16.5. The second-order valence-electron chi connectivity index (χ2n) is 7.27. The van der Waals surface area contributed by atoms with Gasteiger partial charge in [-0.15, -0.1) is 0 Å². The van der Waals surface area contributed by atoms with E-state index < -0.39 is 0 Å². The number of rotatable bonds is 9. The van der Waals surface area contributed by atoms with Crippen LogP contribution in [0.4, 0.5) is 0 Å². The van der Waals surface area contributed by atoms with Crippen LogP contribution in [-0.4, -0.2) is 39.3 Å². The lowest BCUT2D eigenvalue weighted by Crippen LogP contribution is -3.11. The first-order valence-corrected chi connectivity index (χ1v) is 10.2. The second kappa shape index (κ2) is 10.1. The number of likely N-dealkylation sites (tertiary alicyclic amines) is 1. The zero-order valence-corrected chi connectivity index (χ0v) is 16.9. The molecule has 0 saturated carbocycles. The summed E-state index contributed by atoms with van der Waals surface area (Å²) in [4.78, 5) is 14.2. The monoisotopic (exact) mass is 383 g/mol. The molecule has 150 valence electrons. The van der Waals surface area contributed by atoms with E-state index in [9.17, 15) is 4.79 Å². The molecule has 5 heteroatoms. The first-order chi connectivity index (χ1) is 13.7. The van der Waals surface area contributed by atoms with Gasteiger partial charge >= 0.3 is 0 Å². The van der Waals surface area contributed by atoms with Crippen molar-refractivity contribution >= 4 is 5.91 Å². The summed E-state index contributed by atoms with van der Waals surface area (Å²) in [7, 11) is 1.68. The summed E-state index contributed by atoms with van der Waals surface area (Å²) in [6.45, 7) is 5.68. The van der Waals surface area contributed by atoms with Gasteiger partial charge in [0.1, 0.15) is 17.5 Å². The van der Waals surface area contributed by atoms with Crippen molar-refractivity contribution in [1.82, 2.24) is 5.32 Å². The highest BCUT2D eigenvalue weighted by molar-refractivity contribution is 5.94. The van der Waals surface area contributed by atoms with Crippen molar-refractivity contribution in [2.45, 2.75) is 32.2 Å². The van der Waals surface area contributed by atoms with Crippen LogP contribution in [0, 0.1) is 0 Å². The smallest absolute Gasteiger partial charge is 0.251 e. The van der Waals surface area contributed by atoms with Crippen molar-refractivity contribution in [3.05, 3.63) is 59.7 Å². The minimum atomic E-state index is -0.0425. The maximum Gasteiger partial charge on any atom is 0.251 e. The average molecular weight is 384 g/mol. The van der Waals surface area contributed by atoms with Gasteiger partial charge in [0.05, 0.1) is 33.4 Å². The van der Waals surface area contributed by atoms with Gasteiger partial charge in [-0.05, 0) is 55.0 Å². The summed E-state index contributed by atoms with van der Waals surface area (Å²) in [5, 5.41) is 3.13. The predicted molar refractivity (Wildman–Crippen MR) is 110 cm³/mol. The maximum atomic E-state index is 12.6. The van der Waals surface area contributed by atoms with Gasteiger partial charge in [0.25, 0.3) is 5.91 Å². The number of carbonyl (C=O) groups excluding carboxylic acids is 1. The van der Waals surface area contributed by atoms with E-state index in [0.717, 1.165) is 31.0 Å². The number of nitrogens with one attached hydrogen (secondary N) is 2. The van der Waals surface area contributed by atoms with Crippen LogP contribution in [0.15, 0.2) is 48.5 Å². The first-order valence-electron chi connectivity index (χ1n) is 10.2. The van der Waals surface area contributed by atoms with Crippen LogP contribution < -0.4 is 19.7 Å². The van der Waals surface area contributed by atoms with E-state index in [4.69, 9.17) is 9.47 Å². The molecule has 1 heterocycles. The molecule has 1 amide bonds. The predicted octanol–water partition coefficient (Wildman–Crippen LogP) is 2.63. The van der Waals surface area contributed by atoms with Crippen LogP contribution in [0.1, 0.15) is 48.1 Å². The summed E-state index contributed by atoms with van der Waals surface area (Å²) >= 11 is 0. The molecule has 0 unspecified atom stereocenters. The number of hydrogen-bond acceptors (Lipinski definition) is 3. The number of carbonyl (C=O) groups is 1. The van der Waals surface area contributed by atoms with Crippen molar-refractivity contribution in [3.63, 3.8) is 0 Å². The Morgan fingerprint density at radius 3 is 2.29 bits per heavy atom. The van der Waals surface area contributed by atoms with Crippen molar-refractivity contribution in [2.24, 2.45) is 0 Å². The van der Waals surface area contributed by atoms with E-state index in [1.807, 2.05) is 36.4 Å². The normalized spacial score (nSPS) is 15.2. The van der Waals surface area contributed by atoms with Gasteiger partial charge in [-0.25, -0.2) is 0 Å². The lowest BCUT2D eigenvalue weighted by molar-refractivity contribution is -0.918. The van der Waals surface area contributed by atoms with Gasteiger partial charge in [0.2, 0.25) is 0 Å². The Bertz CT molecular complexity index is 737. The van der Waals surface area contributed by atoms with Gasteiger partial charge < -0.3 is 19.7 Å². The molecule has 2 aromatic rings. The number of quaternary nitrogens is 1. The Hall–Kier alpha value is -2.53. The Kier molecular flexibility index (Phi) is 7.31. The van der Waals surface area contributed by atoms with Crippen LogP contribution in [0.2, 0.25) is 0 Å². The van der Waals surface area contributed by atoms with Crippen LogP contribution in [0.3, 0.4) is 0 Å². The summed E-state index contributed by atoms with van der Waals surface area (Å²) in [6, 6.07) is 15.8. The summed E-state index contributed by atoms with van der Waals surface area (Å²) < 4.78 is 10.9. The molecule has 1 atom stereocenters. The van der Waals surface area contributed by atoms with Crippen LogP contribution in [-0.2, 0) is 0 Å². The quantitative estimate of drug-likeness (QED) is 0.700. The molecule has 5 nitrogen and oxygen atoms in total. The van der Waals surface area contributed by atoms with Gasteiger partial charge in [-0.2, -0.15) is 0 Å². The van der Waals surface area contributed by atoms with E-state index in [0.29, 0.717) is 18.7 Å². The van der Waals surface area contributed by atoms with Gasteiger partial charge in [0.15, 0.2) is 0 Å². The van der Waals surface area contributed by atoms with Gasteiger partial charge in [-0.1, -0.05) is 6.92 Å². The molecule has 0 aromatic heterocycles. The number of amides is 1. The lowest BCUT2D eigenvalue weighted by Gasteiger charge is -2.25. The Morgan fingerprint density at radius 2 is 1.68 bits per heavy atom. The molecule has 0 spiro atoms. The average Bonchev–Trinajstić information content (AvgIpc) is 3.27. The van der Waals surface area contributed by atoms with E-state index >= 15 is 0 Å². The third-order valence-electron chi connectivity index (χ3n) is 5.31. The molecule has 1 aliphatic rings. The fourth-order valence-electron chi connectivity index (χ4n) is 3.73. The largest absolute Gasteiger partial charge is 0.497 e. The standard InChI is InChI=1S/C23H30N2O3/c1-3-16-28-21-12-8-19(9-13-21)23(26)24-17-22(25-14-4-5-15-25)18-6-10-20(27-2)11-7-18/h6-13,22H,3-5,14-17H2,1-2H3,(H,24,26)/p+1/t22-/m0/s1. The van der Waals surface area contributed by atoms with Crippen molar-refractivity contribution in [1.29, 1.82) is 0 Å². The summed E-state index contributed by atoms with van der Waals surface area (Å²) in [6.07, 6.45) is 3.46. The maximum absolute atomic E-state index is 12.6. The Balaban J connectivity index is 1.64. The first kappa shape index (κ1) is 20.2. The minimum absolute atomic E-state index is 0.0425. The number of hydrogen-bond donors (Lipinski definition) is 2. The van der Waals surface area contributed by atoms with E-state index in [2.05, 4.69) is 24.4 Å². The zero-order chi connectivity index (χ0) is 19.8. The summed E-state index contributed by atoms with van der Waals surface area (Å²) in [5.41, 5.74) is 1.90. The molecule has 2 N–H and O–H groups in total. The van der Waals surface area contributed by atoms with Crippen molar-refractivity contribution < 1.29 is 19.2 Å². The number of ether oxygens (including phenoxy) is 2. The van der Waals surface area contributed by atoms with E-state index in [1.54, 1.807) is 7.11 Å². The molecule has 0 radical (unpaired) electrons. The topological polar surface area (TPSA) is 52.0 Å². The SMILES string of the molecule is CCCOc1ccc(C(=O)NC[C@@H](c2ccc(OC)cc2)[NH+]2CCCC2)cc1. The molecule has 3 rings (SSSR count). The molecule has 1 saturated heterocycles. The van der Waals surface area contributed by atoms with Crippen molar-refractivity contribution in [2.75, 3.05) is 33.4 Å². The minimum Gasteiger partial charge on any atom is -0.497 e. The third kappa shape index (κ3) is 5.26. The lowest BCUT2D eigenvalue weighted by atomic mass is 10.0. The zero-order valence-electron chi connectivity index (χ0n) is 16.9. The molecule has 0 bridgehead atoms. The molecule has 1 fully saturated rings. The van der Waals surface area contributed by atoms with Gasteiger partial charge in [0, 0.05) is 24.0 Å².